The number of amides is 1. The van der Waals surface area contributed by atoms with Gasteiger partial charge in [0.15, 0.2) is 6.61 Å². The summed E-state index contributed by atoms with van der Waals surface area (Å²) in [6.07, 6.45) is 4.74. The van der Waals surface area contributed by atoms with Crippen LogP contribution in [0.2, 0.25) is 0 Å². The second-order valence-electron chi connectivity index (χ2n) is 8.31. The van der Waals surface area contributed by atoms with Crippen molar-refractivity contribution in [3.05, 3.63) is 93.3 Å². The van der Waals surface area contributed by atoms with Crippen LogP contribution in [0.25, 0.3) is 22.6 Å². The van der Waals surface area contributed by atoms with Crippen molar-refractivity contribution in [2.24, 2.45) is 0 Å². The number of esters is 1. The molecule has 2 aromatic heterocycles. The highest BCUT2D eigenvalue weighted by molar-refractivity contribution is 7.10. The summed E-state index contributed by atoms with van der Waals surface area (Å²) in [5, 5.41) is 5.61. The number of carbonyl (C=O) groups excluding carboxylic acids is 2. The number of anilines is 1. The number of rotatable bonds is 5. The number of hydrogen-bond acceptors (Lipinski definition) is 5. The van der Waals surface area contributed by atoms with Crippen LogP contribution in [0.4, 0.5) is 5.69 Å². The number of allylic oxidation sites excluding steroid dienone is 1. The number of fused-ring (bicyclic) bond motifs is 2. The van der Waals surface area contributed by atoms with Crippen LogP contribution in [0.15, 0.2) is 66.0 Å². The lowest BCUT2D eigenvalue weighted by molar-refractivity contribution is -0.119. The van der Waals surface area contributed by atoms with E-state index in [1.54, 1.807) is 11.3 Å². The number of aromatic nitrogens is 1. The van der Waals surface area contributed by atoms with E-state index in [1.165, 1.54) is 0 Å². The largest absolute Gasteiger partial charge is 0.452 e. The fourth-order valence-corrected chi connectivity index (χ4v) is 5.04. The summed E-state index contributed by atoms with van der Waals surface area (Å²) in [6, 6.07) is 19.2. The number of carbonyl (C=O) groups is 2. The molecule has 0 unspecified atom stereocenters. The molecule has 4 aromatic rings. The third-order valence-corrected chi connectivity index (χ3v) is 6.81. The van der Waals surface area contributed by atoms with Gasteiger partial charge in [0.25, 0.3) is 5.91 Å². The first kappa shape index (κ1) is 22.0. The topological polar surface area (TPSA) is 68.3 Å². The van der Waals surface area contributed by atoms with Gasteiger partial charge in [0.2, 0.25) is 0 Å². The lowest BCUT2D eigenvalue weighted by atomic mass is 9.86. The summed E-state index contributed by atoms with van der Waals surface area (Å²) in [4.78, 5) is 31.9. The second-order valence-corrected chi connectivity index (χ2v) is 9.29. The first-order valence-corrected chi connectivity index (χ1v) is 12.2. The number of pyridine rings is 1. The quantitative estimate of drug-likeness (QED) is 0.350. The lowest BCUT2D eigenvalue weighted by Gasteiger charge is -2.22. The fourth-order valence-electron chi connectivity index (χ4n) is 4.36. The minimum atomic E-state index is -0.493. The molecule has 2 heterocycles. The van der Waals surface area contributed by atoms with E-state index >= 15 is 0 Å². The zero-order valence-electron chi connectivity index (χ0n) is 18.8. The van der Waals surface area contributed by atoms with Crippen molar-refractivity contribution in [2.75, 3.05) is 11.9 Å². The van der Waals surface area contributed by atoms with E-state index < -0.39 is 5.97 Å². The van der Waals surface area contributed by atoms with E-state index in [2.05, 4.69) is 22.8 Å². The Kier molecular flexibility index (Phi) is 6.23. The van der Waals surface area contributed by atoms with Gasteiger partial charge < -0.3 is 10.1 Å². The van der Waals surface area contributed by atoms with Gasteiger partial charge in [-0.2, -0.15) is 0 Å². The Morgan fingerprint density at radius 3 is 2.71 bits per heavy atom. The summed E-state index contributed by atoms with van der Waals surface area (Å²) in [6.45, 7) is 1.56. The van der Waals surface area contributed by atoms with Crippen molar-refractivity contribution < 1.29 is 14.3 Å². The molecule has 0 radical (unpaired) electrons. The monoisotopic (exact) mass is 468 g/mol. The van der Waals surface area contributed by atoms with Crippen molar-refractivity contribution in [3.63, 3.8) is 0 Å². The molecular formula is C28H24N2O3S. The molecular weight excluding hydrogens is 444 g/mol. The Morgan fingerprint density at radius 2 is 1.88 bits per heavy atom. The molecule has 1 N–H and O–H groups in total. The van der Waals surface area contributed by atoms with Gasteiger partial charge in [-0.25, -0.2) is 9.78 Å². The lowest BCUT2D eigenvalue weighted by Crippen LogP contribution is -2.23. The van der Waals surface area contributed by atoms with Crippen molar-refractivity contribution in [1.82, 2.24) is 4.98 Å². The predicted octanol–water partition coefficient (Wildman–Crippen LogP) is 6.28. The van der Waals surface area contributed by atoms with Crippen LogP contribution >= 0.6 is 11.3 Å². The van der Waals surface area contributed by atoms with Gasteiger partial charge in [-0.1, -0.05) is 42.5 Å². The van der Waals surface area contributed by atoms with E-state index in [0.29, 0.717) is 11.3 Å². The van der Waals surface area contributed by atoms with Crippen LogP contribution in [0.3, 0.4) is 0 Å². The maximum absolute atomic E-state index is 13.3. The van der Waals surface area contributed by atoms with Crippen LogP contribution in [-0.2, 0) is 16.0 Å². The highest BCUT2D eigenvalue weighted by atomic mass is 32.1. The van der Waals surface area contributed by atoms with E-state index in [9.17, 15) is 9.59 Å². The first-order valence-electron chi connectivity index (χ1n) is 11.3. The number of ether oxygens (including phenoxy) is 1. The number of nitrogens with one attached hydrogen (secondary N) is 1. The third-order valence-electron chi connectivity index (χ3n) is 5.99. The molecule has 0 aliphatic heterocycles. The molecule has 5 nitrogen and oxygen atoms in total. The standard InChI is InChI=1S/C28H24N2O3S/c1-18-8-2-4-13-23(18)29-25(31)17-33-28(32)26-21-11-3-5-14-24(21)30-27-19(9-6-12-22(26)27)16-20-10-7-15-34-20/h2-5,7-8,10-11,13-16H,6,9,12,17H2,1H3,(H,29,31). The maximum Gasteiger partial charge on any atom is 0.339 e. The molecule has 1 amide bonds. The van der Waals surface area contributed by atoms with Crippen LogP contribution in [-0.4, -0.2) is 23.5 Å². The van der Waals surface area contributed by atoms with Crippen molar-refractivity contribution in [1.29, 1.82) is 0 Å². The summed E-state index contributed by atoms with van der Waals surface area (Å²) in [5.74, 6) is -0.861. The molecule has 0 spiro atoms. The van der Waals surface area contributed by atoms with Crippen molar-refractivity contribution in [2.45, 2.75) is 26.2 Å². The summed E-state index contributed by atoms with van der Waals surface area (Å²) in [7, 11) is 0. The van der Waals surface area contributed by atoms with Gasteiger partial charge in [-0.15, -0.1) is 11.3 Å². The minimum absolute atomic E-state index is 0.351. The van der Waals surface area contributed by atoms with Gasteiger partial charge in [0.1, 0.15) is 0 Å². The SMILES string of the molecule is Cc1ccccc1NC(=O)COC(=O)c1c2c(nc3ccccc13)C(=Cc1cccs1)CCC2. The van der Waals surface area contributed by atoms with Crippen LogP contribution in [0, 0.1) is 6.92 Å². The highest BCUT2D eigenvalue weighted by Gasteiger charge is 2.26. The Morgan fingerprint density at radius 1 is 1.06 bits per heavy atom. The molecule has 6 heteroatoms. The van der Waals surface area contributed by atoms with Gasteiger partial charge in [0, 0.05) is 16.0 Å². The summed E-state index contributed by atoms with van der Waals surface area (Å²) < 4.78 is 5.52. The Bertz CT molecular complexity index is 1410. The fraction of sp³-hybridized carbons (Fsp3) is 0.179. The molecule has 2 aromatic carbocycles. The summed E-state index contributed by atoms with van der Waals surface area (Å²) in [5.41, 5.74) is 5.80. The molecule has 0 saturated heterocycles. The Labute approximate surface area is 202 Å². The predicted molar refractivity (Wildman–Crippen MR) is 137 cm³/mol. The molecule has 5 rings (SSSR count). The third kappa shape index (κ3) is 4.50. The summed E-state index contributed by atoms with van der Waals surface area (Å²) >= 11 is 1.68. The van der Waals surface area contributed by atoms with Gasteiger partial charge in [-0.3, -0.25) is 4.79 Å². The first-order chi connectivity index (χ1) is 16.6. The number of para-hydroxylation sites is 2. The highest BCUT2D eigenvalue weighted by Crippen LogP contribution is 2.36. The number of hydrogen-bond donors (Lipinski definition) is 1. The van der Waals surface area contributed by atoms with Gasteiger partial charge in [-0.05, 0) is 72.5 Å². The average Bonchev–Trinajstić information content (AvgIpc) is 3.36. The Balaban J connectivity index is 1.46. The number of thiophene rings is 1. The number of nitrogens with zero attached hydrogens (tertiary/aromatic N) is 1. The number of aryl methyl sites for hydroxylation is 1. The van der Waals surface area contributed by atoms with E-state index in [1.807, 2.05) is 61.5 Å². The van der Waals surface area contributed by atoms with Gasteiger partial charge >= 0.3 is 5.97 Å². The van der Waals surface area contributed by atoms with Gasteiger partial charge in [0.05, 0.1) is 16.8 Å². The van der Waals surface area contributed by atoms with E-state index in [-0.39, 0.29) is 12.5 Å². The molecule has 1 aliphatic rings. The normalized spacial score (nSPS) is 14.1. The number of benzene rings is 2. The van der Waals surface area contributed by atoms with Crippen LogP contribution < -0.4 is 5.32 Å². The molecule has 34 heavy (non-hydrogen) atoms. The average molecular weight is 469 g/mol. The van der Waals surface area contributed by atoms with Crippen molar-refractivity contribution in [3.8, 4) is 0 Å². The molecule has 0 bridgehead atoms. The Hall–Kier alpha value is -3.77. The molecule has 170 valence electrons. The molecule has 0 fully saturated rings. The van der Waals surface area contributed by atoms with Crippen LogP contribution in [0.1, 0.15) is 44.9 Å². The maximum atomic E-state index is 13.3. The van der Waals surface area contributed by atoms with E-state index in [4.69, 9.17) is 9.72 Å². The molecule has 0 saturated carbocycles. The zero-order chi connectivity index (χ0) is 23.5. The smallest absolute Gasteiger partial charge is 0.339 e. The van der Waals surface area contributed by atoms with Crippen molar-refractivity contribution >= 4 is 51.5 Å². The molecule has 0 atom stereocenters. The second kappa shape index (κ2) is 9.61. The molecule has 1 aliphatic carbocycles. The van der Waals surface area contributed by atoms with E-state index in [0.717, 1.165) is 57.4 Å². The zero-order valence-corrected chi connectivity index (χ0v) is 19.7. The minimum Gasteiger partial charge on any atom is -0.452 e. The van der Waals surface area contributed by atoms with Crippen LogP contribution in [0.5, 0.6) is 0 Å².